The summed E-state index contributed by atoms with van der Waals surface area (Å²) in [4.78, 5) is 0. The van der Waals surface area contributed by atoms with Crippen molar-refractivity contribution in [1.82, 2.24) is 0 Å². The molecule has 1 aromatic rings. The van der Waals surface area contributed by atoms with Gasteiger partial charge in [0.2, 0.25) is 0 Å². The molecule has 0 radical (unpaired) electrons. The van der Waals surface area contributed by atoms with E-state index in [1.165, 1.54) is 6.92 Å². The summed E-state index contributed by atoms with van der Waals surface area (Å²) in [5.74, 6) is -3.24. The van der Waals surface area contributed by atoms with Crippen molar-refractivity contribution in [3.8, 4) is 0 Å². The molecule has 0 heterocycles. The minimum Gasteiger partial charge on any atom is -0.206 e. The van der Waals surface area contributed by atoms with Gasteiger partial charge in [0.05, 0.1) is 0 Å². The van der Waals surface area contributed by atoms with Crippen molar-refractivity contribution in [2.75, 3.05) is 0 Å². The molecule has 0 aliphatic carbocycles. The fraction of sp³-hybridized carbons (Fsp3) is 0.400. The van der Waals surface area contributed by atoms with Crippen molar-refractivity contribution in [2.24, 2.45) is 0 Å². The van der Waals surface area contributed by atoms with Crippen LogP contribution in [0.1, 0.15) is 30.9 Å². The van der Waals surface area contributed by atoms with Gasteiger partial charge in [-0.1, -0.05) is 25.4 Å². The molecule has 0 N–H and O–H groups in total. The maximum absolute atomic E-state index is 13.4. The molecule has 1 aromatic carbocycles. The molecule has 0 bridgehead atoms. The van der Waals surface area contributed by atoms with Crippen LogP contribution in [-0.4, -0.2) is 0 Å². The van der Waals surface area contributed by atoms with Crippen LogP contribution >= 0.6 is 11.6 Å². The normalized spacial score (nSPS) is 11.1. The Kier molecular flexibility index (Phi) is 3.10. The summed E-state index contributed by atoms with van der Waals surface area (Å²) in [6.45, 7) is 4.48. The van der Waals surface area contributed by atoms with Gasteiger partial charge in [0.1, 0.15) is 10.8 Å². The average Bonchev–Trinajstić information content (AvgIpc) is 2.11. The van der Waals surface area contributed by atoms with Crippen molar-refractivity contribution in [1.29, 1.82) is 0 Å². The third-order valence-corrected chi connectivity index (χ3v) is 2.43. The van der Waals surface area contributed by atoms with Gasteiger partial charge in [0, 0.05) is 11.1 Å². The van der Waals surface area contributed by atoms with Crippen LogP contribution in [0.3, 0.4) is 0 Å². The van der Waals surface area contributed by atoms with E-state index in [2.05, 4.69) is 0 Å². The molecule has 0 saturated heterocycles. The van der Waals surface area contributed by atoms with Crippen LogP contribution in [0.5, 0.6) is 0 Å². The highest BCUT2D eigenvalue weighted by Crippen LogP contribution is 2.32. The highest BCUT2D eigenvalue weighted by molar-refractivity contribution is 6.31. The molecular formula is C10H10ClF3. The lowest BCUT2D eigenvalue weighted by Gasteiger charge is -2.12. The first-order chi connectivity index (χ1) is 6.37. The van der Waals surface area contributed by atoms with Crippen molar-refractivity contribution >= 4 is 11.6 Å². The molecule has 0 spiro atoms. The lowest BCUT2D eigenvalue weighted by molar-refractivity contribution is 0.505. The van der Waals surface area contributed by atoms with E-state index < -0.39 is 22.5 Å². The van der Waals surface area contributed by atoms with Gasteiger partial charge < -0.3 is 0 Å². The molecule has 0 aliphatic rings. The van der Waals surface area contributed by atoms with Crippen molar-refractivity contribution < 1.29 is 13.2 Å². The van der Waals surface area contributed by atoms with Crippen molar-refractivity contribution in [2.45, 2.75) is 26.7 Å². The average molecular weight is 223 g/mol. The zero-order valence-electron chi connectivity index (χ0n) is 8.09. The summed E-state index contributed by atoms with van der Waals surface area (Å²) >= 11 is 5.39. The standard InChI is InChI=1S/C10H10ClF3/c1-4(2)6-8(12)5(3)9(13)7(11)10(6)14/h4H,1-3H3. The van der Waals surface area contributed by atoms with Gasteiger partial charge in [-0.25, -0.2) is 13.2 Å². The van der Waals surface area contributed by atoms with E-state index in [9.17, 15) is 13.2 Å². The third-order valence-electron chi connectivity index (χ3n) is 2.09. The van der Waals surface area contributed by atoms with Gasteiger partial charge >= 0.3 is 0 Å². The minimum atomic E-state index is -1.02. The lowest BCUT2D eigenvalue weighted by Crippen LogP contribution is -2.04. The highest BCUT2D eigenvalue weighted by atomic mass is 35.5. The second-order valence-electron chi connectivity index (χ2n) is 3.45. The van der Waals surface area contributed by atoms with Crippen molar-refractivity contribution in [3.63, 3.8) is 0 Å². The second-order valence-corrected chi connectivity index (χ2v) is 3.83. The molecule has 14 heavy (non-hydrogen) atoms. The zero-order chi connectivity index (χ0) is 11.0. The quantitative estimate of drug-likeness (QED) is 0.494. The Morgan fingerprint density at radius 1 is 1.00 bits per heavy atom. The van der Waals surface area contributed by atoms with Crippen LogP contribution in [0.2, 0.25) is 5.02 Å². The van der Waals surface area contributed by atoms with Gasteiger partial charge in [-0.3, -0.25) is 0 Å². The third kappa shape index (κ3) is 1.61. The Hall–Kier alpha value is -0.700. The molecule has 0 unspecified atom stereocenters. The molecule has 1 rings (SSSR count). The molecular weight excluding hydrogens is 213 g/mol. The first-order valence-electron chi connectivity index (χ1n) is 4.20. The van der Waals surface area contributed by atoms with E-state index in [1.54, 1.807) is 13.8 Å². The Morgan fingerprint density at radius 2 is 1.50 bits per heavy atom. The Bertz CT molecular complexity index is 343. The largest absolute Gasteiger partial charge is 0.206 e. The number of hydrogen-bond donors (Lipinski definition) is 0. The van der Waals surface area contributed by atoms with Crippen LogP contribution in [0.15, 0.2) is 0 Å². The summed E-state index contributed by atoms with van der Waals surface area (Å²) < 4.78 is 39.8. The summed E-state index contributed by atoms with van der Waals surface area (Å²) in [5.41, 5.74) is -0.394. The maximum atomic E-state index is 13.4. The molecule has 4 heteroatoms. The van der Waals surface area contributed by atoms with Gasteiger partial charge in [-0.2, -0.15) is 0 Å². The smallest absolute Gasteiger partial charge is 0.151 e. The van der Waals surface area contributed by atoms with Crippen LogP contribution in [-0.2, 0) is 0 Å². The number of halogens is 4. The Morgan fingerprint density at radius 3 is 1.93 bits per heavy atom. The van der Waals surface area contributed by atoms with Crippen LogP contribution in [0.4, 0.5) is 13.2 Å². The predicted molar refractivity (Wildman–Crippen MR) is 50.2 cm³/mol. The second kappa shape index (κ2) is 3.81. The lowest BCUT2D eigenvalue weighted by atomic mass is 9.99. The molecule has 0 saturated carbocycles. The Balaban J connectivity index is 3.60. The summed E-state index contributed by atoms with van der Waals surface area (Å²) in [6.07, 6.45) is 0. The first kappa shape index (κ1) is 11.4. The van der Waals surface area contributed by atoms with Crippen LogP contribution < -0.4 is 0 Å². The fourth-order valence-electron chi connectivity index (χ4n) is 1.28. The predicted octanol–water partition coefficient (Wildman–Crippen LogP) is 4.19. The number of hydrogen-bond acceptors (Lipinski definition) is 0. The van der Waals surface area contributed by atoms with E-state index >= 15 is 0 Å². The molecule has 78 valence electrons. The van der Waals surface area contributed by atoms with E-state index in [4.69, 9.17) is 11.6 Å². The highest BCUT2D eigenvalue weighted by Gasteiger charge is 2.22. The molecule has 0 fully saturated rings. The van der Waals surface area contributed by atoms with Crippen LogP contribution in [0.25, 0.3) is 0 Å². The molecule has 0 aliphatic heterocycles. The maximum Gasteiger partial charge on any atom is 0.151 e. The summed E-state index contributed by atoms with van der Waals surface area (Å²) in [6, 6.07) is 0. The Labute approximate surface area is 85.7 Å². The minimum absolute atomic E-state index is 0.158. The number of benzene rings is 1. The molecule has 0 amide bonds. The monoisotopic (exact) mass is 222 g/mol. The van der Waals surface area contributed by atoms with Gasteiger partial charge in [0.25, 0.3) is 0 Å². The first-order valence-corrected chi connectivity index (χ1v) is 4.58. The molecule has 0 aromatic heterocycles. The summed E-state index contributed by atoms with van der Waals surface area (Å²) in [5, 5.41) is -0.632. The van der Waals surface area contributed by atoms with E-state index in [-0.39, 0.29) is 17.0 Å². The fourth-order valence-corrected chi connectivity index (χ4v) is 1.52. The SMILES string of the molecule is Cc1c(F)c(Cl)c(F)c(C(C)C)c1F. The van der Waals surface area contributed by atoms with E-state index in [1.807, 2.05) is 0 Å². The van der Waals surface area contributed by atoms with Crippen LogP contribution in [0, 0.1) is 24.4 Å². The molecule has 0 nitrogen and oxygen atoms in total. The van der Waals surface area contributed by atoms with Gasteiger partial charge in [-0.15, -0.1) is 0 Å². The van der Waals surface area contributed by atoms with E-state index in [0.717, 1.165) is 0 Å². The zero-order valence-corrected chi connectivity index (χ0v) is 8.85. The van der Waals surface area contributed by atoms with E-state index in [0.29, 0.717) is 0 Å². The van der Waals surface area contributed by atoms with Crippen molar-refractivity contribution in [3.05, 3.63) is 33.6 Å². The van der Waals surface area contributed by atoms with Gasteiger partial charge in [0.15, 0.2) is 11.6 Å². The molecule has 0 atom stereocenters. The van der Waals surface area contributed by atoms with Gasteiger partial charge in [-0.05, 0) is 12.8 Å². The summed E-state index contributed by atoms with van der Waals surface area (Å²) in [7, 11) is 0. The topological polar surface area (TPSA) is 0 Å². The number of rotatable bonds is 1.